The van der Waals surface area contributed by atoms with Gasteiger partial charge in [-0.05, 0) is 38.1 Å². The average molecular weight is 446 g/mol. The van der Waals surface area contributed by atoms with Gasteiger partial charge in [-0.15, -0.1) is 0 Å². The number of aromatic hydroxyl groups is 1. The summed E-state index contributed by atoms with van der Waals surface area (Å²) in [5, 5.41) is 20.8. The van der Waals surface area contributed by atoms with E-state index in [1.54, 1.807) is 24.7 Å². The van der Waals surface area contributed by atoms with Crippen LogP contribution in [0, 0.1) is 19.3 Å². The minimum atomic E-state index is -0.471. The van der Waals surface area contributed by atoms with Crippen molar-refractivity contribution in [2.45, 2.75) is 13.8 Å². The molecular weight excluding hydrogens is 426 g/mol. The smallest absolute Gasteiger partial charge is 0.296 e. The van der Waals surface area contributed by atoms with Gasteiger partial charge in [0.15, 0.2) is 4.80 Å². The molecular formula is C23H19N5O3S. The molecule has 1 amide bonds. The zero-order valence-corrected chi connectivity index (χ0v) is 18.4. The summed E-state index contributed by atoms with van der Waals surface area (Å²) in [6.07, 6.45) is 0. The molecule has 0 spiro atoms. The molecule has 1 aliphatic heterocycles. The number of rotatable bonds is 3. The Hall–Kier alpha value is -3.98. The zero-order valence-electron chi connectivity index (χ0n) is 17.6. The third-order valence-corrected chi connectivity index (χ3v) is 6.62. The Bertz CT molecular complexity index is 1670. The highest BCUT2D eigenvalue weighted by molar-refractivity contribution is 7.11. The summed E-state index contributed by atoms with van der Waals surface area (Å²) in [5.41, 5.74) is 2.22. The van der Waals surface area contributed by atoms with Gasteiger partial charge < -0.3 is 5.11 Å². The van der Waals surface area contributed by atoms with E-state index >= 15 is 0 Å². The number of thiazole rings is 1. The van der Waals surface area contributed by atoms with Gasteiger partial charge in [-0.3, -0.25) is 19.7 Å². The fraction of sp³-hybridized carbons (Fsp3) is 0.130. The molecule has 2 aromatic heterocycles. The second-order valence-electron chi connectivity index (χ2n) is 7.62. The number of hydrogen-bond donors (Lipinski definition) is 2. The molecule has 0 unspecified atom stereocenters. The van der Waals surface area contributed by atoms with E-state index in [9.17, 15) is 14.7 Å². The van der Waals surface area contributed by atoms with Crippen LogP contribution in [0.25, 0.3) is 16.9 Å². The largest absolute Gasteiger partial charge is 0.493 e. The summed E-state index contributed by atoms with van der Waals surface area (Å²) in [4.78, 5) is 30.3. The van der Waals surface area contributed by atoms with Gasteiger partial charge >= 0.3 is 0 Å². The average Bonchev–Trinajstić information content (AvgIpc) is 3.31. The number of aromatic nitrogens is 3. The van der Waals surface area contributed by atoms with Crippen molar-refractivity contribution < 1.29 is 9.90 Å². The van der Waals surface area contributed by atoms with Crippen molar-refractivity contribution in [3.63, 3.8) is 0 Å². The predicted molar refractivity (Wildman–Crippen MR) is 120 cm³/mol. The van der Waals surface area contributed by atoms with Crippen molar-refractivity contribution in [1.82, 2.24) is 13.9 Å². The molecule has 2 aromatic carbocycles. The van der Waals surface area contributed by atoms with Crippen molar-refractivity contribution in [3.8, 4) is 17.3 Å². The van der Waals surface area contributed by atoms with Crippen molar-refractivity contribution in [2.24, 2.45) is 12.0 Å². The third-order valence-electron chi connectivity index (χ3n) is 5.65. The molecule has 9 heteroatoms. The zero-order chi connectivity index (χ0) is 22.7. The number of benzene rings is 2. The third kappa shape index (κ3) is 2.75. The van der Waals surface area contributed by atoms with Gasteiger partial charge in [0, 0.05) is 12.3 Å². The lowest BCUT2D eigenvalue weighted by molar-refractivity contribution is -0.112. The van der Waals surface area contributed by atoms with Gasteiger partial charge in [0.25, 0.3) is 11.5 Å². The van der Waals surface area contributed by atoms with Gasteiger partial charge in [-0.25, -0.2) is 14.2 Å². The van der Waals surface area contributed by atoms with Crippen molar-refractivity contribution in [3.05, 3.63) is 90.4 Å². The van der Waals surface area contributed by atoms with Crippen LogP contribution in [0.3, 0.4) is 0 Å². The minimum absolute atomic E-state index is 0.0649. The number of aryl methyl sites for hydroxylation is 1. The number of hydrogen-bond acceptors (Lipinski definition) is 5. The molecule has 0 bridgehead atoms. The lowest BCUT2D eigenvalue weighted by atomic mass is 10.1. The van der Waals surface area contributed by atoms with E-state index in [4.69, 9.17) is 5.41 Å². The maximum atomic E-state index is 13.4. The number of amides is 1. The fourth-order valence-electron chi connectivity index (χ4n) is 4.02. The Labute approximate surface area is 185 Å². The molecule has 0 saturated heterocycles. The first-order chi connectivity index (χ1) is 15.3. The fourth-order valence-corrected chi connectivity index (χ4v) is 4.96. The summed E-state index contributed by atoms with van der Waals surface area (Å²) >= 11 is 0.939. The monoisotopic (exact) mass is 445 g/mol. The van der Waals surface area contributed by atoms with Crippen LogP contribution in [0.2, 0.25) is 0 Å². The Morgan fingerprint density at radius 1 is 1.06 bits per heavy atom. The SMILES string of the molecule is Cc1ccc2c(c1)=C(c1sc(=N)n(-c3c(C)n(C)n(-c4ccccc4)c3=O)c1O)C(=O)N=2. The molecule has 0 radical (unpaired) electrons. The molecule has 5 rings (SSSR count). The normalized spacial score (nSPS) is 12.8. The summed E-state index contributed by atoms with van der Waals surface area (Å²) in [6, 6.07) is 14.6. The first kappa shape index (κ1) is 20.0. The summed E-state index contributed by atoms with van der Waals surface area (Å²) in [7, 11) is 1.74. The molecule has 1 aliphatic rings. The Morgan fingerprint density at radius 3 is 2.50 bits per heavy atom. The number of fused-ring (bicyclic) bond motifs is 1. The van der Waals surface area contributed by atoms with Gasteiger partial charge in [0.1, 0.15) is 10.6 Å². The van der Waals surface area contributed by atoms with Crippen LogP contribution in [0.15, 0.2) is 58.3 Å². The quantitative estimate of drug-likeness (QED) is 0.495. The highest BCUT2D eigenvalue weighted by Crippen LogP contribution is 2.30. The molecule has 0 fully saturated rings. The molecule has 0 saturated carbocycles. The second-order valence-corrected chi connectivity index (χ2v) is 8.62. The van der Waals surface area contributed by atoms with Gasteiger partial charge in [0.2, 0.25) is 5.88 Å². The van der Waals surface area contributed by atoms with Crippen molar-refractivity contribution >= 4 is 22.8 Å². The van der Waals surface area contributed by atoms with Crippen LogP contribution in [0.1, 0.15) is 16.1 Å². The van der Waals surface area contributed by atoms with Crippen molar-refractivity contribution in [2.75, 3.05) is 0 Å². The van der Waals surface area contributed by atoms with Crippen LogP contribution in [0.5, 0.6) is 5.88 Å². The van der Waals surface area contributed by atoms with Gasteiger partial charge in [-0.2, -0.15) is 0 Å². The van der Waals surface area contributed by atoms with Gasteiger partial charge in [-0.1, -0.05) is 41.2 Å². The highest BCUT2D eigenvalue weighted by Gasteiger charge is 2.28. The van der Waals surface area contributed by atoms with Crippen LogP contribution >= 0.6 is 11.3 Å². The van der Waals surface area contributed by atoms with Crippen LogP contribution in [-0.4, -0.2) is 24.9 Å². The maximum Gasteiger partial charge on any atom is 0.296 e. The number of nitrogens with one attached hydrogen (secondary N) is 1. The Balaban J connectivity index is 1.79. The predicted octanol–water partition coefficient (Wildman–Crippen LogP) is 1.19. The number of para-hydroxylation sites is 1. The summed E-state index contributed by atoms with van der Waals surface area (Å²) in [5.74, 6) is -0.792. The lowest BCUT2D eigenvalue weighted by Crippen LogP contribution is -2.24. The van der Waals surface area contributed by atoms with Crippen LogP contribution < -0.4 is 20.9 Å². The lowest BCUT2D eigenvalue weighted by Gasteiger charge is -2.07. The maximum absolute atomic E-state index is 13.4. The molecule has 160 valence electrons. The Kier molecular flexibility index (Phi) is 4.38. The molecule has 4 aromatic rings. The molecule has 3 heterocycles. The van der Waals surface area contributed by atoms with E-state index in [0.29, 0.717) is 22.0 Å². The summed E-state index contributed by atoms with van der Waals surface area (Å²) < 4.78 is 4.36. The van der Waals surface area contributed by atoms with E-state index in [1.165, 1.54) is 9.25 Å². The van der Waals surface area contributed by atoms with E-state index in [2.05, 4.69) is 4.99 Å². The van der Waals surface area contributed by atoms with E-state index in [0.717, 1.165) is 16.9 Å². The topological polar surface area (TPSA) is 105 Å². The first-order valence-electron chi connectivity index (χ1n) is 9.87. The van der Waals surface area contributed by atoms with E-state index < -0.39 is 5.91 Å². The van der Waals surface area contributed by atoms with E-state index in [-0.39, 0.29) is 32.4 Å². The van der Waals surface area contributed by atoms with E-state index in [1.807, 2.05) is 49.4 Å². The van der Waals surface area contributed by atoms with Crippen molar-refractivity contribution in [1.29, 1.82) is 5.41 Å². The van der Waals surface area contributed by atoms with Crippen LogP contribution in [0.4, 0.5) is 0 Å². The Morgan fingerprint density at radius 2 is 1.78 bits per heavy atom. The molecule has 8 nitrogen and oxygen atoms in total. The molecule has 0 aliphatic carbocycles. The molecule has 0 atom stereocenters. The van der Waals surface area contributed by atoms with Crippen LogP contribution in [-0.2, 0) is 11.8 Å². The number of carbonyl (C=O) groups is 1. The molecule has 2 N–H and O–H groups in total. The van der Waals surface area contributed by atoms with Gasteiger partial charge in [0.05, 0.1) is 22.3 Å². The minimum Gasteiger partial charge on any atom is -0.493 e. The number of carbonyl (C=O) groups excluding carboxylic acids is 1. The highest BCUT2D eigenvalue weighted by atomic mass is 32.1. The second kappa shape index (κ2) is 7.03. The summed E-state index contributed by atoms with van der Waals surface area (Å²) in [6.45, 7) is 3.66. The first-order valence-corrected chi connectivity index (χ1v) is 10.7. The standard InChI is InChI=1S/C23H19N5O3S/c1-12-9-10-16-15(11-12)17(20(29)25-16)19-22(31)27(23(24)32-19)18-13(2)26(3)28(21(18)30)14-7-5-4-6-8-14/h4-11,24,31H,1-3H3. The molecule has 32 heavy (non-hydrogen) atoms. The number of nitrogens with zero attached hydrogens (tertiary/aromatic N) is 4.